The summed E-state index contributed by atoms with van der Waals surface area (Å²) in [5.41, 5.74) is 0.537. The van der Waals surface area contributed by atoms with Crippen LogP contribution in [0.4, 0.5) is 0 Å². The Labute approximate surface area is 141 Å². The highest BCUT2D eigenvalue weighted by molar-refractivity contribution is 5.98. The summed E-state index contributed by atoms with van der Waals surface area (Å²) < 4.78 is 10.9. The van der Waals surface area contributed by atoms with Crippen molar-refractivity contribution in [1.29, 1.82) is 5.26 Å². The molecular weight excluding hydrogens is 308 g/mol. The van der Waals surface area contributed by atoms with E-state index >= 15 is 0 Å². The van der Waals surface area contributed by atoms with Gasteiger partial charge >= 0.3 is 0 Å². The molecule has 1 amide bonds. The van der Waals surface area contributed by atoms with E-state index in [-0.39, 0.29) is 30.4 Å². The van der Waals surface area contributed by atoms with E-state index in [2.05, 4.69) is 6.07 Å². The third kappa shape index (κ3) is 3.67. The van der Waals surface area contributed by atoms with Crippen LogP contribution in [0.5, 0.6) is 11.5 Å². The van der Waals surface area contributed by atoms with Crippen molar-refractivity contribution >= 4 is 11.7 Å². The van der Waals surface area contributed by atoms with Crippen molar-refractivity contribution < 1.29 is 19.1 Å². The fraction of sp³-hybridized carbons (Fsp3) is 0.500. The molecule has 1 saturated heterocycles. The molecule has 0 atom stereocenters. The standard InChI is InChI=1S/C18H20N2O4/c19-12-13-5-7-20(8-6-13)18(22)4-2-15(21)14-1-3-16-17(11-14)24-10-9-23-16/h1,3,11,13H,2,4-10H2. The molecule has 0 N–H and O–H groups in total. The number of hydrogen-bond donors (Lipinski definition) is 0. The fourth-order valence-corrected chi connectivity index (χ4v) is 3.00. The number of nitrogens with zero attached hydrogens (tertiary/aromatic N) is 2. The second-order valence-corrected chi connectivity index (χ2v) is 6.07. The summed E-state index contributed by atoms with van der Waals surface area (Å²) in [5, 5.41) is 8.89. The summed E-state index contributed by atoms with van der Waals surface area (Å²) in [6, 6.07) is 7.37. The van der Waals surface area contributed by atoms with Crippen molar-refractivity contribution in [2.45, 2.75) is 25.7 Å². The molecule has 2 heterocycles. The largest absolute Gasteiger partial charge is 0.486 e. The van der Waals surface area contributed by atoms with Crippen molar-refractivity contribution in [3.63, 3.8) is 0 Å². The number of nitriles is 1. The molecule has 6 nitrogen and oxygen atoms in total. The maximum absolute atomic E-state index is 12.3. The van der Waals surface area contributed by atoms with Crippen LogP contribution in [0.3, 0.4) is 0 Å². The highest BCUT2D eigenvalue weighted by Crippen LogP contribution is 2.31. The molecule has 3 rings (SSSR count). The van der Waals surface area contributed by atoms with Gasteiger partial charge in [-0.25, -0.2) is 0 Å². The number of rotatable bonds is 4. The molecule has 6 heteroatoms. The number of Topliss-reactive ketones (excluding diaryl/α,β-unsaturated/α-hetero) is 1. The minimum absolute atomic E-state index is 0.0164. The number of piperidine rings is 1. The van der Waals surface area contributed by atoms with E-state index in [0.29, 0.717) is 43.4 Å². The van der Waals surface area contributed by atoms with E-state index in [4.69, 9.17) is 14.7 Å². The summed E-state index contributed by atoms with van der Waals surface area (Å²) in [6.07, 6.45) is 1.82. The van der Waals surface area contributed by atoms with Gasteiger partial charge in [0, 0.05) is 37.4 Å². The summed E-state index contributed by atoms with van der Waals surface area (Å²) in [5.74, 6) is 1.18. The first-order valence-electron chi connectivity index (χ1n) is 8.27. The van der Waals surface area contributed by atoms with Crippen LogP contribution in [-0.2, 0) is 4.79 Å². The van der Waals surface area contributed by atoms with Crippen LogP contribution in [0, 0.1) is 17.2 Å². The molecule has 2 aliphatic heterocycles. The molecule has 0 spiro atoms. The van der Waals surface area contributed by atoms with Crippen molar-refractivity contribution in [2.24, 2.45) is 5.92 Å². The van der Waals surface area contributed by atoms with Crippen LogP contribution >= 0.6 is 0 Å². The Morgan fingerprint density at radius 2 is 1.83 bits per heavy atom. The van der Waals surface area contributed by atoms with E-state index in [0.717, 1.165) is 12.8 Å². The third-order valence-electron chi connectivity index (χ3n) is 4.46. The molecule has 0 saturated carbocycles. The van der Waals surface area contributed by atoms with Crippen LogP contribution in [-0.4, -0.2) is 42.9 Å². The van der Waals surface area contributed by atoms with Crippen molar-refractivity contribution in [3.05, 3.63) is 23.8 Å². The van der Waals surface area contributed by atoms with Crippen LogP contribution < -0.4 is 9.47 Å². The fourth-order valence-electron chi connectivity index (χ4n) is 3.00. The van der Waals surface area contributed by atoms with Crippen LogP contribution in [0.25, 0.3) is 0 Å². The van der Waals surface area contributed by atoms with Gasteiger partial charge in [0.25, 0.3) is 0 Å². The molecule has 24 heavy (non-hydrogen) atoms. The van der Waals surface area contributed by atoms with E-state index in [1.54, 1.807) is 23.1 Å². The Balaban J connectivity index is 1.52. The lowest BCUT2D eigenvalue weighted by atomic mass is 9.98. The zero-order valence-electron chi connectivity index (χ0n) is 13.5. The van der Waals surface area contributed by atoms with Crippen molar-refractivity contribution in [1.82, 2.24) is 4.90 Å². The van der Waals surface area contributed by atoms with Gasteiger partial charge in [0.2, 0.25) is 5.91 Å². The van der Waals surface area contributed by atoms with Gasteiger partial charge in [0.05, 0.1) is 6.07 Å². The smallest absolute Gasteiger partial charge is 0.223 e. The molecular formula is C18H20N2O4. The molecule has 0 radical (unpaired) electrons. The van der Waals surface area contributed by atoms with Crippen LogP contribution in [0.1, 0.15) is 36.0 Å². The number of fused-ring (bicyclic) bond motifs is 1. The lowest BCUT2D eigenvalue weighted by Gasteiger charge is -2.29. The van der Waals surface area contributed by atoms with E-state index in [9.17, 15) is 9.59 Å². The number of amides is 1. The topological polar surface area (TPSA) is 79.6 Å². The van der Waals surface area contributed by atoms with Crippen LogP contribution in [0.15, 0.2) is 18.2 Å². The molecule has 1 aromatic carbocycles. The number of ether oxygens (including phenoxy) is 2. The van der Waals surface area contributed by atoms with Crippen LogP contribution in [0.2, 0.25) is 0 Å². The summed E-state index contributed by atoms with van der Waals surface area (Å²) in [4.78, 5) is 26.3. The highest BCUT2D eigenvalue weighted by Gasteiger charge is 2.23. The molecule has 0 bridgehead atoms. The van der Waals surface area contributed by atoms with Gasteiger partial charge in [-0.1, -0.05) is 0 Å². The summed E-state index contributed by atoms with van der Waals surface area (Å²) >= 11 is 0. The Hall–Kier alpha value is -2.55. The van der Waals surface area contributed by atoms with Crippen molar-refractivity contribution in [3.8, 4) is 17.6 Å². The summed E-state index contributed by atoms with van der Waals surface area (Å²) in [6.45, 7) is 2.20. The minimum atomic E-state index is -0.0766. The van der Waals surface area contributed by atoms with Gasteiger partial charge in [0.1, 0.15) is 13.2 Å². The second kappa shape index (κ2) is 7.35. The number of carbonyl (C=O) groups is 2. The van der Waals surface area contributed by atoms with Crippen molar-refractivity contribution in [2.75, 3.05) is 26.3 Å². The molecule has 2 aliphatic rings. The van der Waals surface area contributed by atoms with Gasteiger partial charge in [-0.15, -0.1) is 0 Å². The molecule has 0 aromatic heterocycles. The van der Waals surface area contributed by atoms with Gasteiger partial charge in [-0.3, -0.25) is 9.59 Å². The predicted octanol–water partition coefficient (Wildman–Crippen LogP) is 2.18. The molecule has 0 aliphatic carbocycles. The van der Waals surface area contributed by atoms with Gasteiger partial charge < -0.3 is 14.4 Å². The molecule has 1 aromatic rings. The Morgan fingerprint density at radius 3 is 2.54 bits per heavy atom. The van der Waals surface area contributed by atoms with E-state index in [1.165, 1.54) is 0 Å². The van der Waals surface area contributed by atoms with E-state index in [1.807, 2.05) is 0 Å². The number of carbonyl (C=O) groups excluding carboxylic acids is 2. The predicted molar refractivity (Wildman–Crippen MR) is 85.9 cm³/mol. The first kappa shape index (κ1) is 16.3. The Bertz CT molecular complexity index is 672. The monoisotopic (exact) mass is 328 g/mol. The summed E-state index contributed by atoms with van der Waals surface area (Å²) in [7, 11) is 0. The Kier molecular flexibility index (Phi) is 4.99. The normalized spacial score (nSPS) is 17.2. The highest BCUT2D eigenvalue weighted by atomic mass is 16.6. The maximum Gasteiger partial charge on any atom is 0.223 e. The van der Waals surface area contributed by atoms with Gasteiger partial charge in [-0.2, -0.15) is 5.26 Å². The third-order valence-corrected chi connectivity index (χ3v) is 4.46. The molecule has 1 fully saturated rings. The van der Waals surface area contributed by atoms with Gasteiger partial charge in [-0.05, 0) is 31.0 Å². The SMILES string of the molecule is N#CC1CCN(C(=O)CCC(=O)c2ccc3c(c2)OCCO3)CC1. The number of benzene rings is 1. The quantitative estimate of drug-likeness (QED) is 0.792. The minimum Gasteiger partial charge on any atom is -0.486 e. The van der Waals surface area contributed by atoms with E-state index < -0.39 is 0 Å². The first-order valence-corrected chi connectivity index (χ1v) is 8.27. The zero-order valence-corrected chi connectivity index (χ0v) is 13.5. The first-order chi connectivity index (χ1) is 11.7. The second-order valence-electron chi connectivity index (χ2n) is 6.07. The Morgan fingerprint density at radius 1 is 1.12 bits per heavy atom. The number of ketones is 1. The molecule has 126 valence electrons. The maximum atomic E-state index is 12.3. The zero-order chi connectivity index (χ0) is 16.9. The molecule has 0 unspecified atom stereocenters. The number of likely N-dealkylation sites (tertiary alicyclic amines) is 1. The lowest BCUT2D eigenvalue weighted by molar-refractivity contribution is -0.132. The number of hydrogen-bond acceptors (Lipinski definition) is 5. The lowest BCUT2D eigenvalue weighted by Crippen LogP contribution is -2.38. The average molecular weight is 328 g/mol. The van der Waals surface area contributed by atoms with Gasteiger partial charge in [0.15, 0.2) is 17.3 Å². The average Bonchev–Trinajstić information content (AvgIpc) is 2.65.